The second-order valence-electron chi connectivity index (χ2n) is 4.60. The van der Waals surface area contributed by atoms with Gasteiger partial charge in [-0.1, -0.05) is 38.3 Å². The molecule has 0 bridgehead atoms. The molecular weight excluding hydrogens is 430 g/mol. The van der Waals surface area contributed by atoms with Crippen molar-refractivity contribution < 1.29 is 49.3 Å². The van der Waals surface area contributed by atoms with E-state index in [-0.39, 0.29) is 20.4 Å². The predicted molar refractivity (Wildman–Crippen MR) is 81.4 cm³/mol. The summed E-state index contributed by atoms with van der Waals surface area (Å²) < 4.78 is 31.5. The molecule has 144 valence electrons. The summed E-state index contributed by atoms with van der Waals surface area (Å²) >= 11 is 0. The standard InChI is InChI=1S/C10H13N2.C4H10N2.ClH2O4.Pd/c1-3-7-11-9(5-1)10-6-2-4-8-12-10;1-2-6-4-3-5;2-1(3,4)5;/h1,3,5,7,10H,2,4,6,8H2;5H,2-4H2,1H3;2-3H;/q-1;-2;-1;+2. The van der Waals surface area contributed by atoms with E-state index in [9.17, 15) is 0 Å². The summed E-state index contributed by atoms with van der Waals surface area (Å²) in [6.07, 6.45) is 5.57. The summed E-state index contributed by atoms with van der Waals surface area (Å²) in [5.41, 5.74) is 7.75. The van der Waals surface area contributed by atoms with Crippen molar-refractivity contribution in [1.82, 2.24) is 4.98 Å². The van der Waals surface area contributed by atoms with Crippen molar-refractivity contribution >= 4 is 0 Å². The summed E-state index contributed by atoms with van der Waals surface area (Å²) in [5.74, 6) is 0. The van der Waals surface area contributed by atoms with E-state index in [4.69, 9.17) is 24.4 Å². The Morgan fingerprint density at radius 2 is 2.04 bits per heavy atom. The Kier molecular flexibility index (Phi) is 17.7. The van der Waals surface area contributed by atoms with E-state index < -0.39 is 10.2 Å². The summed E-state index contributed by atoms with van der Waals surface area (Å²) in [6, 6.07) is 6.43. The minimum atomic E-state index is -4.44. The van der Waals surface area contributed by atoms with Gasteiger partial charge in [0.15, 0.2) is 0 Å². The van der Waals surface area contributed by atoms with Crippen LogP contribution in [0.5, 0.6) is 0 Å². The topological polar surface area (TPSA) is 151 Å². The normalized spacial score (nSPS) is 17.3. The van der Waals surface area contributed by atoms with E-state index in [1.165, 1.54) is 19.3 Å². The molecule has 10 heteroatoms. The van der Waals surface area contributed by atoms with Gasteiger partial charge in [-0.3, -0.25) is 4.98 Å². The Morgan fingerprint density at radius 3 is 2.42 bits per heavy atom. The smallest absolute Gasteiger partial charge is 0.654 e. The summed E-state index contributed by atoms with van der Waals surface area (Å²) in [5, 5.41) is 8.44. The number of nitrogens with one attached hydrogen (secondary N) is 1. The zero-order valence-electron chi connectivity index (χ0n) is 13.6. The van der Waals surface area contributed by atoms with Crippen LogP contribution in [0.15, 0.2) is 24.4 Å². The first-order valence-corrected chi connectivity index (χ1v) is 8.67. The molecule has 2 heterocycles. The van der Waals surface area contributed by atoms with E-state index in [0.717, 1.165) is 18.8 Å². The largest absolute Gasteiger partial charge is 2.00 e. The van der Waals surface area contributed by atoms with E-state index in [1.54, 1.807) is 0 Å². The number of aromatic nitrogens is 1. The molecule has 1 aliphatic heterocycles. The van der Waals surface area contributed by atoms with E-state index in [2.05, 4.69) is 21.7 Å². The number of halogens is 1. The van der Waals surface area contributed by atoms with Gasteiger partial charge in [0.2, 0.25) is 0 Å². The molecule has 0 aliphatic carbocycles. The van der Waals surface area contributed by atoms with Crippen LogP contribution in [0, 0.1) is 10.2 Å². The molecule has 0 radical (unpaired) electrons. The molecule has 0 aromatic carbocycles. The van der Waals surface area contributed by atoms with Crippen LogP contribution < -0.4 is 9.32 Å². The fourth-order valence-corrected chi connectivity index (χ4v) is 1.84. The number of likely N-dealkylation sites (N-methyl/N-ethyl adjacent to an activating group) is 1. The SMILES string of the molecule is CC[N-]CC[NH-].[O-][Cl+]([O-])(O)O.[Pd+2].c1ccc(C2CCCC[N-]2)nc1. The van der Waals surface area contributed by atoms with Gasteiger partial charge in [-0.25, -0.2) is 0 Å². The fourth-order valence-electron chi connectivity index (χ4n) is 1.84. The van der Waals surface area contributed by atoms with Crippen LogP contribution in [0.3, 0.4) is 0 Å². The summed E-state index contributed by atoms with van der Waals surface area (Å²) in [7, 11) is -4.44. The van der Waals surface area contributed by atoms with E-state index in [1.807, 2.05) is 25.3 Å². The fraction of sp³-hybridized carbons (Fsp3) is 0.643. The molecule has 8 nitrogen and oxygen atoms in total. The Balaban J connectivity index is 0. The number of hydrogen-bond acceptors (Lipinski definition) is 5. The zero-order chi connectivity index (χ0) is 17.6. The minimum absolute atomic E-state index is 0. The number of piperidine rings is 1. The average molecular weight is 455 g/mol. The second kappa shape index (κ2) is 16.3. The number of pyridine rings is 1. The first kappa shape index (κ1) is 26.1. The number of nitrogens with zero attached hydrogens (tertiary/aromatic N) is 3. The molecule has 1 atom stereocenters. The van der Waals surface area contributed by atoms with Crippen molar-refractivity contribution in [1.29, 1.82) is 0 Å². The van der Waals surface area contributed by atoms with Gasteiger partial charge in [-0.05, 0) is 12.1 Å². The van der Waals surface area contributed by atoms with Crippen molar-refractivity contribution in [2.24, 2.45) is 0 Å². The van der Waals surface area contributed by atoms with Gasteiger partial charge in [0.25, 0.3) is 0 Å². The molecule has 0 spiro atoms. The Hall–Kier alpha value is -0.178. The minimum Gasteiger partial charge on any atom is -0.654 e. The van der Waals surface area contributed by atoms with Crippen LogP contribution >= 0.6 is 0 Å². The third-order valence-corrected chi connectivity index (χ3v) is 2.76. The molecule has 1 unspecified atom stereocenters. The van der Waals surface area contributed by atoms with Gasteiger partial charge in [0.05, 0.1) is 0 Å². The van der Waals surface area contributed by atoms with Gasteiger partial charge >= 0.3 is 49.3 Å². The maximum absolute atomic E-state index is 8.72. The van der Waals surface area contributed by atoms with Crippen LogP contribution in [0.25, 0.3) is 16.4 Å². The summed E-state index contributed by atoms with van der Waals surface area (Å²) in [4.78, 5) is 4.31. The average Bonchev–Trinajstić information content (AvgIpc) is 2.54. The van der Waals surface area contributed by atoms with Crippen molar-refractivity contribution in [3.05, 3.63) is 46.5 Å². The van der Waals surface area contributed by atoms with Gasteiger partial charge in [0, 0.05) is 11.9 Å². The molecule has 0 saturated carbocycles. The van der Waals surface area contributed by atoms with Crippen LogP contribution in [0.2, 0.25) is 0 Å². The monoisotopic (exact) mass is 454 g/mol. The van der Waals surface area contributed by atoms with E-state index in [0.29, 0.717) is 19.1 Å². The zero-order valence-corrected chi connectivity index (χ0v) is 15.9. The van der Waals surface area contributed by atoms with Crippen molar-refractivity contribution in [3.63, 3.8) is 0 Å². The molecule has 0 amide bonds. The maximum atomic E-state index is 8.72. The van der Waals surface area contributed by atoms with Crippen LogP contribution in [-0.4, -0.2) is 40.5 Å². The molecule has 2 rings (SSSR count). The van der Waals surface area contributed by atoms with Gasteiger partial charge in [-0.2, -0.15) is 19.6 Å². The quantitative estimate of drug-likeness (QED) is 0.504. The molecule has 1 aromatic heterocycles. The Morgan fingerprint density at radius 1 is 1.38 bits per heavy atom. The molecule has 3 N–H and O–H groups in total. The van der Waals surface area contributed by atoms with Crippen LogP contribution in [0.4, 0.5) is 0 Å². The van der Waals surface area contributed by atoms with Crippen molar-refractivity contribution in [2.45, 2.75) is 32.2 Å². The van der Waals surface area contributed by atoms with Gasteiger partial charge < -0.3 is 16.4 Å². The van der Waals surface area contributed by atoms with Gasteiger partial charge in [0.1, 0.15) is 0 Å². The first-order valence-electron chi connectivity index (χ1n) is 7.38. The van der Waals surface area contributed by atoms with Crippen molar-refractivity contribution in [2.75, 3.05) is 26.2 Å². The number of hydrogen-bond donors (Lipinski definition) is 2. The maximum Gasteiger partial charge on any atom is 2.00 e. The third kappa shape index (κ3) is 18.2. The van der Waals surface area contributed by atoms with Crippen LogP contribution in [0.1, 0.15) is 37.9 Å². The molecule has 1 fully saturated rings. The second-order valence-corrected chi connectivity index (χ2v) is 5.43. The van der Waals surface area contributed by atoms with Crippen molar-refractivity contribution in [3.8, 4) is 0 Å². The molecular formula is C14H25ClN4O4Pd-2. The molecule has 1 aromatic rings. The Labute approximate surface area is 159 Å². The van der Waals surface area contributed by atoms with Gasteiger partial charge in [-0.15, -0.1) is 6.54 Å². The number of rotatable bonds is 4. The summed E-state index contributed by atoms with van der Waals surface area (Å²) in [6.45, 7) is 5.00. The first-order chi connectivity index (χ1) is 10.9. The third-order valence-electron chi connectivity index (χ3n) is 2.76. The molecule has 1 saturated heterocycles. The molecule has 1 aliphatic rings. The molecule has 24 heavy (non-hydrogen) atoms. The Bertz CT molecular complexity index is 369. The van der Waals surface area contributed by atoms with Crippen LogP contribution in [-0.2, 0) is 20.4 Å². The van der Waals surface area contributed by atoms with E-state index >= 15 is 0 Å². The predicted octanol–water partition coefficient (Wildman–Crippen LogP) is 0.618.